The van der Waals surface area contributed by atoms with Gasteiger partial charge in [-0.3, -0.25) is 4.99 Å². The predicted octanol–water partition coefficient (Wildman–Crippen LogP) is 4.44. The van der Waals surface area contributed by atoms with E-state index in [1.165, 1.54) is 30.4 Å². The van der Waals surface area contributed by atoms with E-state index in [2.05, 4.69) is 55.7 Å². The fourth-order valence-corrected chi connectivity index (χ4v) is 3.09. The van der Waals surface area contributed by atoms with Gasteiger partial charge in [0.1, 0.15) is 0 Å². The maximum Gasteiger partial charge on any atom is 0.191 e. The first kappa shape index (κ1) is 22.2. The maximum atomic E-state index is 6.10. The Kier molecular flexibility index (Phi) is 11.1. The van der Waals surface area contributed by atoms with Gasteiger partial charge >= 0.3 is 0 Å². The van der Waals surface area contributed by atoms with Crippen LogP contribution in [0.5, 0.6) is 0 Å². The second-order valence-electron chi connectivity index (χ2n) is 6.60. The molecule has 25 heavy (non-hydrogen) atoms. The normalized spacial score (nSPS) is 20.7. The molecule has 0 saturated carbocycles. The molecule has 0 aromatic heterocycles. The van der Waals surface area contributed by atoms with Crippen molar-refractivity contribution in [3.8, 4) is 0 Å². The van der Waals surface area contributed by atoms with Gasteiger partial charge in [-0.15, -0.1) is 24.0 Å². The molecule has 1 aliphatic rings. The average Bonchev–Trinajstić information content (AvgIpc) is 2.61. The Morgan fingerprint density at radius 1 is 1.20 bits per heavy atom. The first-order valence-electron chi connectivity index (χ1n) is 9.45. The van der Waals surface area contributed by atoms with Crippen LogP contribution in [0.1, 0.15) is 56.8 Å². The first-order valence-corrected chi connectivity index (χ1v) is 9.45. The van der Waals surface area contributed by atoms with Crippen molar-refractivity contribution in [2.45, 2.75) is 52.6 Å². The van der Waals surface area contributed by atoms with Gasteiger partial charge in [0, 0.05) is 32.2 Å². The molecule has 0 aliphatic carbocycles. The number of ether oxygens (including phenoxy) is 1. The fourth-order valence-electron chi connectivity index (χ4n) is 3.09. The Hall–Kier alpha value is -0.820. The number of nitrogens with one attached hydrogen (secondary N) is 2. The molecule has 1 aliphatic heterocycles. The Morgan fingerprint density at radius 2 is 1.96 bits per heavy atom. The summed E-state index contributed by atoms with van der Waals surface area (Å²) < 4.78 is 6.10. The minimum absolute atomic E-state index is 0. The number of aryl methyl sites for hydroxylation is 1. The molecule has 2 N–H and O–H groups in total. The van der Waals surface area contributed by atoms with Crippen LogP contribution in [-0.4, -0.2) is 32.2 Å². The number of aliphatic imine (C=N–C) groups is 1. The molecular formula is C20H34IN3O. The highest BCUT2D eigenvalue weighted by Crippen LogP contribution is 2.33. The highest BCUT2D eigenvalue weighted by molar-refractivity contribution is 14.0. The molecule has 2 atom stereocenters. The van der Waals surface area contributed by atoms with E-state index in [-0.39, 0.29) is 30.1 Å². The van der Waals surface area contributed by atoms with E-state index in [0.717, 1.165) is 38.6 Å². The third-order valence-corrected chi connectivity index (χ3v) is 4.50. The van der Waals surface area contributed by atoms with Gasteiger partial charge in [0.25, 0.3) is 0 Å². The van der Waals surface area contributed by atoms with E-state index >= 15 is 0 Å². The van der Waals surface area contributed by atoms with Gasteiger partial charge in [-0.05, 0) is 38.7 Å². The van der Waals surface area contributed by atoms with Crippen LogP contribution in [0, 0.1) is 12.8 Å². The largest absolute Gasteiger partial charge is 0.373 e. The molecule has 0 bridgehead atoms. The van der Waals surface area contributed by atoms with Crippen LogP contribution in [0.2, 0.25) is 0 Å². The number of halogens is 1. The molecular weight excluding hydrogens is 425 g/mol. The molecule has 142 valence electrons. The molecule has 2 unspecified atom stereocenters. The van der Waals surface area contributed by atoms with Gasteiger partial charge in [0.2, 0.25) is 0 Å². The highest BCUT2D eigenvalue weighted by Gasteiger charge is 2.27. The lowest BCUT2D eigenvalue weighted by molar-refractivity contribution is -0.0250. The van der Waals surface area contributed by atoms with Crippen molar-refractivity contribution in [2.24, 2.45) is 10.9 Å². The van der Waals surface area contributed by atoms with Gasteiger partial charge in [-0.25, -0.2) is 0 Å². The molecule has 2 rings (SSSR count). The Morgan fingerprint density at radius 3 is 2.64 bits per heavy atom. The number of hydrogen-bond donors (Lipinski definition) is 2. The summed E-state index contributed by atoms with van der Waals surface area (Å²) in [6, 6.07) is 8.74. The number of unbranched alkanes of at least 4 members (excludes halogenated alkanes) is 1. The van der Waals surface area contributed by atoms with Crippen LogP contribution in [0.4, 0.5) is 0 Å². The van der Waals surface area contributed by atoms with Gasteiger partial charge in [-0.1, -0.05) is 43.2 Å². The van der Waals surface area contributed by atoms with E-state index in [1.807, 2.05) is 0 Å². The summed E-state index contributed by atoms with van der Waals surface area (Å²) in [5.41, 5.74) is 2.57. The fraction of sp³-hybridized carbons (Fsp3) is 0.650. The summed E-state index contributed by atoms with van der Waals surface area (Å²) in [5.74, 6) is 1.38. The van der Waals surface area contributed by atoms with Crippen LogP contribution in [0.3, 0.4) is 0 Å². The molecule has 1 saturated heterocycles. The number of guanidine groups is 1. The highest BCUT2D eigenvalue weighted by atomic mass is 127. The zero-order valence-corrected chi connectivity index (χ0v) is 18.2. The summed E-state index contributed by atoms with van der Waals surface area (Å²) in [6.45, 7) is 9.96. The summed E-state index contributed by atoms with van der Waals surface area (Å²) >= 11 is 0. The molecule has 0 amide bonds. The van der Waals surface area contributed by atoms with Gasteiger partial charge in [0.15, 0.2) is 5.96 Å². The lowest BCUT2D eigenvalue weighted by Gasteiger charge is -2.31. The van der Waals surface area contributed by atoms with Crippen molar-refractivity contribution in [2.75, 3.05) is 26.2 Å². The molecule has 5 heteroatoms. The molecule has 1 aromatic rings. The number of nitrogens with zero attached hydrogens (tertiary/aromatic N) is 1. The molecule has 0 radical (unpaired) electrons. The minimum atomic E-state index is 0. The van der Waals surface area contributed by atoms with Crippen LogP contribution in [0.25, 0.3) is 0 Å². The van der Waals surface area contributed by atoms with Crippen LogP contribution in [0.15, 0.2) is 29.3 Å². The van der Waals surface area contributed by atoms with Crippen molar-refractivity contribution in [3.63, 3.8) is 0 Å². The zero-order valence-electron chi connectivity index (χ0n) is 15.9. The third kappa shape index (κ3) is 7.52. The summed E-state index contributed by atoms with van der Waals surface area (Å²) in [5, 5.41) is 6.76. The second-order valence-corrected chi connectivity index (χ2v) is 6.60. The Bertz CT molecular complexity index is 504. The standard InChI is InChI=1S/C20H33N3O.HI/c1-4-6-13-22-20(21-5-2)23-15-18-8-7-14-24-19(18)17-11-9-16(3)10-12-17;/h9-12,18-19H,4-8,13-15H2,1-3H3,(H2,21,22,23);1H. The lowest BCUT2D eigenvalue weighted by atomic mass is 9.89. The predicted molar refractivity (Wildman–Crippen MR) is 117 cm³/mol. The number of hydrogen-bond acceptors (Lipinski definition) is 2. The molecule has 4 nitrogen and oxygen atoms in total. The second kappa shape index (κ2) is 12.5. The maximum absolute atomic E-state index is 6.10. The van der Waals surface area contributed by atoms with Gasteiger partial charge in [-0.2, -0.15) is 0 Å². The Balaban J connectivity index is 0.00000312. The molecule has 1 fully saturated rings. The third-order valence-electron chi connectivity index (χ3n) is 4.50. The summed E-state index contributed by atoms with van der Waals surface area (Å²) in [6.07, 6.45) is 4.83. The monoisotopic (exact) mass is 459 g/mol. The average molecular weight is 459 g/mol. The van der Waals surface area contributed by atoms with Gasteiger partial charge < -0.3 is 15.4 Å². The number of rotatable bonds is 7. The summed E-state index contributed by atoms with van der Waals surface area (Å²) in [7, 11) is 0. The van der Waals surface area contributed by atoms with E-state index in [0.29, 0.717) is 5.92 Å². The van der Waals surface area contributed by atoms with E-state index in [1.54, 1.807) is 0 Å². The minimum Gasteiger partial charge on any atom is -0.373 e. The molecule has 1 heterocycles. The summed E-state index contributed by atoms with van der Waals surface area (Å²) in [4.78, 5) is 4.82. The quantitative estimate of drug-likeness (QED) is 0.274. The van der Waals surface area contributed by atoms with Crippen molar-refractivity contribution in [3.05, 3.63) is 35.4 Å². The van der Waals surface area contributed by atoms with E-state index in [9.17, 15) is 0 Å². The van der Waals surface area contributed by atoms with Crippen molar-refractivity contribution < 1.29 is 4.74 Å². The molecule has 0 spiro atoms. The van der Waals surface area contributed by atoms with Crippen LogP contribution in [-0.2, 0) is 4.74 Å². The van der Waals surface area contributed by atoms with E-state index < -0.39 is 0 Å². The van der Waals surface area contributed by atoms with Crippen molar-refractivity contribution in [1.82, 2.24) is 10.6 Å². The van der Waals surface area contributed by atoms with Crippen molar-refractivity contribution >= 4 is 29.9 Å². The zero-order chi connectivity index (χ0) is 17.2. The van der Waals surface area contributed by atoms with Crippen LogP contribution < -0.4 is 10.6 Å². The smallest absolute Gasteiger partial charge is 0.191 e. The molecule has 1 aromatic carbocycles. The SMILES string of the molecule is CCCCNC(=NCC1CCCOC1c1ccc(C)cc1)NCC.I. The lowest BCUT2D eigenvalue weighted by Crippen LogP contribution is -2.38. The number of benzene rings is 1. The first-order chi connectivity index (χ1) is 11.7. The van der Waals surface area contributed by atoms with E-state index in [4.69, 9.17) is 9.73 Å². The van der Waals surface area contributed by atoms with Crippen LogP contribution >= 0.6 is 24.0 Å². The topological polar surface area (TPSA) is 45.7 Å². The Labute approximate surface area is 170 Å². The van der Waals surface area contributed by atoms with Crippen molar-refractivity contribution in [1.29, 1.82) is 0 Å². The van der Waals surface area contributed by atoms with Gasteiger partial charge in [0.05, 0.1) is 6.10 Å².